The largest absolute Gasteiger partial charge is 0.382 e. The first-order chi connectivity index (χ1) is 9.65. The molecular formula is C12H19N5OS2. The number of nitrogen functional groups attached to an aromatic ring is 1. The van der Waals surface area contributed by atoms with Gasteiger partial charge in [-0.25, -0.2) is 4.98 Å². The summed E-state index contributed by atoms with van der Waals surface area (Å²) in [5, 5.41) is 0.824. The highest BCUT2D eigenvalue weighted by Crippen LogP contribution is 2.31. The number of nitrogens with two attached hydrogens (primary N) is 2. The van der Waals surface area contributed by atoms with E-state index in [1.165, 1.54) is 11.3 Å². The summed E-state index contributed by atoms with van der Waals surface area (Å²) in [5.74, 6) is 2.38. The van der Waals surface area contributed by atoms with Crippen LogP contribution < -0.4 is 16.4 Å². The quantitative estimate of drug-likeness (QED) is 0.824. The number of amides is 1. The second-order valence-corrected chi connectivity index (χ2v) is 7.31. The fourth-order valence-electron chi connectivity index (χ4n) is 2.48. The van der Waals surface area contributed by atoms with Gasteiger partial charge in [-0.3, -0.25) is 4.79 Å². The van der Waals surface area contributed by atoms with Crippen molar-refractivity contribution in [2.75, 3.05) is 48.3 Å². The van der Waals surface area contributed by atoms with E-state index in [1.54, 1.807) is 0 Å². The van der Waals surface area contributed by atoms with Gasteiger partial charge in [0.2, 0.25) is 0 Å². The van der Waals surface area contributed by atoms with Crippen LogP contribution in [0, 0.1) is 0 Å². The molecule has 1 amide bonds. The maximum Gasteiger partial charge on any atom is 0.267 e. The van der Waals surface area contributed by atoms with Crippen LogP contribution in [0.1, 0.15) is 16.1 Å². The Hall–Kier alpha value is -0.990. The number of anilines is 2. The third kappa shape index (κ3) is 2.72. The zero-order chi connectivity index (χ0) is 14.1. The van der Waals surface area contributed by atoms with Crippen LogP contribution in [-0.4, -0.2) is 59.5 Å². The van der Waals surface area contributed by atoms with E-state index >= 15 is 0 Å². The van der Waals surface area contributed by atoms with Crippen molar-refractivity contribution in [3.8, 4) is 0 Å². The van der Waals surface area contributed by atoms with E-state index in [2.05, 4.69) is 9.88 Å². The zero-order valence-corrected chi connectivity index (χ0v) is 12.9. The molecule has 0 bridgehead atoms. The van der Waals surface area contributed by atoms with E-state index in [9.17, 15) is 4.79 Å². The molecule has 1 aromatic heterocycles. The molecular weight excluding hydrogens is 294 g/mol. The van der Waals surface area contributed by atoms with Crippen LogP contribution in [0.5, 0.6) is 0 Å². The molecule has 3 heterocycles. The van der Waals surface area contributed by atoms with Crippen LogP contribution in [0.4, 0.5) is 10.9 Å². The summed E-state index contributed by atoms with van der Waals surface area (Å²) in [6.07, 6.45) is 0.964. The second-order valence-electron chi connectivity index (χ2n) is 5.11. The van der Waals surface area contributed by atoms with Crippen LogP contribution >= 0.6 is 23.1 Å². The molecule has 1 aromatic rings. The Kier molecular flexibility index (Phi) is 4.04. The number of hydrogen-bond donors (Lipinski definition) is 2. The number of rotatable bonds is 2. The van der Waals surface area contributed by atoms with Gasteiger partial charge >= 0.3 is 0 Å². The van der Waals surface area contributed by atoms with Gasteiger partial charge in [0.1, 0.15) is 10.7 Å². The van der Waals surface area contributed by atoms with Gasteiger partial charge in [0, 0.05) is 43.7 Å². The number of thioether (sulfide) groups is 1. The third-order valence-electron chi connectivity index (χ3n) is 3.63. The van der Waals surface area contributed by atoms with Crippen molar-refractivity contribution < 1.29 is 4.79 Å². The van der Waals surface area contributed by atoms with Gasteiger partial charge in [-0.2, -0.15) is 11.8 Å². The summed E-state index contributed by atoms with van der Waals surface area (Å²) >= 11 is 3.28. The molecule has 1 unspecified atom stereocenters. The Balaban J connectivity index is 1.76. The topological polar surface area (TPSA) is 88.5 Å². The molecule has 0 spiro atoms. The summed E-state index contributed by atoms with van der Waals surface area (Å²) in [7, 11) is 0. The van der Waals surface area contributed by atoms with Crippen LogP contribution in [-0.2, 0) is 0 Å². The Morgan fingerprint density at radius 1 is 1.30 bits per heavy atom. The van der Waals surface area contributed by atoms with Gasteiger partial charge < -0.3 is 21.3 Å². The van der Waals surface area contributed by atoms with Gasteiger partial charge in [-0.05, 0) is 6.42 Å². The van der Waals surface area contributed by atoms with Crippen molar-refractivity contribution in [1.29, 1.82) is 0 Å². The second kappa shape index (κ2) is 5.79. The van der Waals surface area contributed by atoms with E-state index in [-0.39, 0.29) is 11.9 Å². The van der Waals surface area contributed by atoms with Crippen molar-refractivity contribution in [3.63, 3.8) is 0 Å². The molecule has 4 N–H and O–H groups in total. The first-order valence-electron chi connectivity index (χ1n) is 6.79. The predicted molar refractivity (Wildman–Crippen MR) is 84.6 cm³/mol. The summed E-state index contributed by atoms with van der Waals surface area (Å²) in [5.41, 5.74) is 11.9. The standard InChI is InChI=1S/C12H19N5OS2/c13-8-1-2-17(7-8)12-15-10(14)9(20-12)11(18)16-3-5-19-6-4-16/h8H,1-7,13-14H2. The highest BCUT2D eigenvalue weighted by atomic mass is 32.2. The Labute approximate surface area is 126 Å². The number of hydrogen-bond acceptors (Lipinski definition) is 7. The summed E-state index contributed by atoms with van der Waals surface area (Å²) < 4.78 is 0. The molecule has 6 nitrogen and oxygen atoms in total. The molecule has 0 aliphatic carbocycles. The first-order valence-corrected chi connectivity index (χ1v) is 8.76. The minimum Gasteiger partial charge on any atom is -0.382 e. The van der Waals surface area contributed by atoms with E-state index in [0.29, 0.717) is 10.7 Å². The number of carbonyl (C=O) groups is 1. The molecule has 2 aliphatic rings. The van der Waals surface area contributed by atoms with E-state index in [0.717, 1.165) is 49.2 Å². The Morgan fingerprint density at radius 3 is 2.70 bits per heavy atom. The summed E-state index contributed by atoms with van der Waals surface area (Å²) in [6.45, 7) is 3.28. The van der Waals surface area contributed by atoms with Gasteiger partial charge in [-0.1, -0.05) is 11.3 Å². The highest BCUT2D eigenvalue weighted by Gasteiger charge is 2.27. The minimum atomic E-state index is 0.0232. The average Bonchev–Trinajstić information content (AvgIpc) is 3.05. The average molecular weight is 313 g/mol. The van der Waals surface area contributed by atoms with Crippen molar-refractivity contribution in [3.05, 3.63) is 4.88 Å². The predicted octanol–water partition coefficient (Wildman–Crippen LogP) is 0.452. The van der Waals surface area contributed by atoms with Crippen molar-refractivity contribution in [1.82, 2.24) is 9.88 Å². The fourth-order valence-corrected chi connectivity index (χ4v) is 4.37. The van der Waals surface area contributed by atoms with Gasteiger partial charge in [0.25, 0.3) is 5.91 Å². The molecule has 20 heavy (non-hydrogen) atoms. The molecule has 2 aliphatic heterocycles. The molecule has 3 rings (SSSR count). The number of thiazole rings is 1. The SMILES string of the molecule is Nc1nc(N2CCC(N)C2)sc1C(=O)N1CCSCC1. The molecule has 0 radical (unpaired) electrons. The normalized spacial score (nSPS) is 23.4. The molecule has 0 aromatic carbocycles. The minimum absolute atomic E-state index is 0.0232. The van der Waals surface area contributed by atoms with E-state index < -0.39 is 0 Å². The monoisotopic (exact) mass is 313 g/mol. The smallest absolute Gasteiger partial charge is 0.267 e. The Morgan fingerprint density at radius 2 is 2.05 bits per heavy atom. The highest BCUT2D eigenvalue weighted by molar-refractivity contribution is 7.99. The molecule has 0 saturated carbocycles. The number of aromatic nitrogens is 1. The fraction of sp³-hybridized carbons (Fsp3) is 0.667. The van der Waals surface area contributed by atoms with Crippen molar-refractivity contribution >= 4 is 40.0 Å². The lowest BCUT2D eigenvalue weighted by molar-refractivity contribution is 0.0778. The summed E-state index contributed by atoms with van der Waals surface area (Å²) in [4.78, 5) is 21.4. The molecule has 1 atom stereocenters. The van der Waals surface area contributed by atoms with Crippen LogP contribution in [0.15, 0.2) is 0 Å². The van der Waals surface area contributed by atoms with Crippen LogP contribution in [0.3, 0.4) is 0 Å². The Bertz CT molecular complexity index is 500. The lowest BCUT2D eigenvalue weighted by atomic mass is 10.3. The van der Waals surface area contributed by atoms with Crippen LogP contribution in [0.2, 0.25) is 0 Å². The van der Waals surface area contributed by atoms with Crippen molar-refractivity contribution in [2.24, 2.45) is 5.73 Å². The zero-order valence-electron chi connectivity index (χ0n) is 11.2. The molecule has 8 heteroatoms. The maximum absolute atomic E-state index is 12.5. The molecule has 2 saturated heterocycles. The van der Waals surface area contributed by atoms with Gasteiger partial charge in [0.15, 0.2) is 5.13 Å². The van der Waals surface area contributed by atoms with Crippen LogP contribution in [0.25, 0.3) is 0 Å². The van der Waals surface area contributed by atoms with E-state index in [4.69, 9.17) is 11.5 Å². The lowest BCUT2D eigenvalue weighted by Gasteiger charge is -2.25. The first kappa shape index (κ1) is 14.0. The molecule has 110 valence electrons. The number of carbonyl (C=O) groups excluding carboxylic acids is 1. The van der Waals surface area contributed by atoms with Gasteiger partial charge in [0.05, 0.1) is 0 Å². The van der Waals surface area contributed by atoms with Crippen molar-refractivity contribution in [2.45, 2.75) is 12.5 Å². The molecule has 2 fully saturated rings. The third-order valence-corrected chi connectivity index (χ3v) is 5.69. The summed E-state index contributed by atoms with van der Waals surface area (Å²) in [6, 6.07) is 0.193. The lowest BCUT2D eigenvalue weighted by Crippen LogP contribution is -2.37. The van der Waals surface area contributed by atoms with E-state index in [1.807, 2.05) is 16.7 Å². The maximum atomic E-state index is 12.5. The number of nitrogens with zero attached hydrogens (tertiary/aromatic N) is 3. The van der Waals surface area contributed by atoms with Gasteiger partial charge in [-0.15, -0.1) is 0 Å².